The predicted molar refractivity (Wildman–Crippen MR) is 104 cm³/mol. The van der Waals surface area contributed by atoms with Gasteiger partial charge in [-0.2, -0.15) is 0 Å². The van der Waals surface area contributed by atoms with E-state index >= 15 is 0 Å². The molecule has 0 amide bonds. The number of aliphatic hydroxyl groups excluding tert-OH is 2. The van der Waals surface area contributed by atoms with E-state index in [0.717, 1.165) is 25.9 Å². The van der Waals surface area contributed by atoms with E-state index in [4.69, 9.17) is 19.7 Å². The van der Waals surface area contributed by atoms with Crippen LogP contribution in [0.5, 0.6) is 5.75 Å². The van der Waals surface area contributed by atoms with E-state index in [-0.39, 0.29) is 0 Å². The number of aliphatic carboxylic acids is 1. The second-order valence-electron chi connectivity index (χ2n) is 5.39. The molecule has 0 aromatic heterocycles. The standard InChI is InChI=1S/C17H19NO3.C2H4O2.CH4O/c1-13(20)10-18-17-9-16(8-7-15(17)11-19)21-12-14-5-3-2-4-6-14;1-2(3)4;1-2/h2-9,11,13,18,20H,10,12H2,1H3;1H3,(H,3,4);2H,1H3. The van der Waals surface area contributed by atoms with E-state index in [1.165, 1.54) is 0 Å². The number of aliphatic hydroxyl groups is 2. The lowest BCUT2D eigenvalue weighted by atomic mass is 10.1. The molecule has 0 aliphatic carbocycles. The number of anilines is 1. The van der Waals surface area contributed by atoms with Gasteiger partial charge in [-0.1, -0.05) is 30.3 Å². The third-order valence-electron chi connectivity index (χ3n) is 2.99. The molecule has 0 aliphatic heterocycles. The van der Waals surface area contributed by atoms with Crippen molar-refractivity contribution in [3.05, 3.63) is 59.7 Å². The van der Waals surface area contributed by atoms with Crippen LogP contribution in [0.2, 0.25) is 0 Å². The minimum absolute atomic E-state index is 0.378. The number of aldehydes is 1. The average molecular weight is 377 g/mol. The molecule has 0 heterocycles. The molecule has 148 valence electrons. The molecule has 0 saturated heterocycles. The molecular weight excluding hydrogens is 350 g/mol. The molecule has 1 unspecified atom stereocenters. The molecule has 27 heavy (non-hydrogen) atoms. The molecule has 1 atom stereocenters. The van der Waals surface area contributed by atoms with Gasteiger partial charge in [-0.25, -0.2) is 0 Å². The fraction of sp³-hybridized carbons (Fsp3) is 0.300. The van der Waals surface area contributed by atoms with Crippen molar-refractivity contribution < 1.29 is 29.6 Å². The van der Waals surface area contributed by atoms with Crippen molar-refractivity contribution in [1.29, 1.82) is 0 Å². The molecule has 7 heteroatoms. The van der Waals surface area contributed by atoms with Crippen molar-refractivity contribution in [1.82, 2.24) is 0 Å². The van der Waals surface area contributed by atoms with Crippen LogP contribution in [0.25, 0.3) is 0 Å². The van der Waals surface area contributed by atoms with E-state index in [1.54, 1.807) is 25.1 Å². The van der Waals surface area contributed by atoms with Crippen LogP contribution < -0.4 is 10.1 Å². The first-order chi connectivity index (χ1) is 12.9. The molecule has 0 saturated carbocycles. The van der Waals surface area contributed by atoms with Crippen LogP contribution in [0.3, 0.4) is 0 Å². The Balaban J connectivity index is 0.000000998. The molecule has 0 aliphatic rings. The van der Waals surface area contributed by atoms with Crippen molar-refractivity contribution in [3.63, 3.8) is 0 Å². The van der Waals surface area contributed by atoms with Crippen LogP contribution in [-0.4, -0.2) is 47.3 Å². The zero-order valence-corrected chi connectivity index (χ0v) is 15.8. The summed E-state index contributed by atoms with van der Waals surface area (Å²) in [6, 6.07) is 15.1. The lowest BCUT2D eigenvalue weighted by Crippen LogP contribution is -2.16. The zero-order chi connectivity index (χ0) is 20.7. The van der Waals surface area contributed by atoms with Crippen molar-refractivity contribution in [3.8, 4) is 5.75 Å². The maximum absolute atomic E-state index is 11.0. The van der Waals surface area contributed by atoms with Crippen LogP contribution in [0.15, 0.2) is 48.5 Å². The maximum atomic E-state index is 11.0. The summed E-state index contributed by atoms with van der Waals surface area (Å²) in [5.41, 5.74) is 2.29. The van der Waals surface area contributed by atoms with Crippen LogP contribution >= 0.6 is 0 Å². The third kappa shape index (κ3) is 11.4. The number of ether oxygens (including phenoxy) is 1. The fourth-order valence-electron chi connectivity index (χ4n) is 1.88. The monoisotopic (exact) mass is 377 g/mol. The molecule has 2 aromatic rings. The van der Waals surface area contributed by atoms with Crippen molar-refractivity contribution in [2.45, 2.75) is 26.6 Å². The van der Waals surface area contributed by atoms with Crippen molar-refractivity contribution >= 4 is 17.9 Å². The maximum Gasteiger partial charge on any atom is 0.300 e. The lowest BCUT2D eigenvalue weighted by Gasteiger charge is -2.13. The second-order valence-corrected chi connectivity index (χ2v) is 5.39. The van der Waals surface area contributed by atoms with Crippen molar-refractivity contribution in [2.75, 3.05) is 19.0 Å². The molecule has 0 fully saturated rings. The van der Waals surface area contributed by atoms with Gasteiger partial charge in [0.1, 0.15) is 12.4 Å². The van der Waals surface area contributed by atoms with Crippen LogP contribution in [0.4, 0.5) is 5.69 Å². The van der Waals surface area contributed by atoms with E-state index in [0.29, 0.717) is 30.2 Å². The zero-order valence-electron chi connectivity index (χ0n) is 15.8. The summed E-state index contributed by atoms with van der Waals surface area (Å²) >= 11 is 0. The summed E-state index contributed by atoms with van der Waals surface area (Å²) < 4.78 is 5.72. The first-order valence-corrected chi connectivity index (χ1v) is 8.24. The molecule has 0 spiro atoms. The number of carbonyl (C=O) groups is 2. The first-order valence-electron chi connectivity index (χ1n) is 8.24. The van der Waals surface area contributed by atoms with E-state index in [9.17, 15) is 9.90 Å². The van der Waals surface area contributed by atoms with Gasteiger partial charge in [-0.3, -0.25) is 9.59 Å². The van der Waals surface area contributed by atoms with Crippen LogP contribution in [-0.2, 0) is 11.4 Å². The normalized spacial score (nSPS) is 10.3. The molecule has 0 bridgehead atoms. The Morgan fingerprint density at radius 2 is 1.78 bits per heavy atom. The summed E-state index contributed by atoms with van der Waals surface area (Å²) in [5.74, 6) is -0.155. The van der Waals surface area contributed by atoms with Gasteiger partial charge in [-0.15, -0.1) is 0 Å². The summed E-state index contributed by atoms with van der Waals surface area (Å²) in [4.78, 5) is 20.0. The Bertz CT molecular complexity index is 669. The van der Waals surface area contributed by atoms with Gasteiger partial charge in [0.2, 0.25) is 0 Å². The van der Waals surface area contributed by atoms with Gasteiger partial charge >= 0.3 is 0 Å². The number of carbonyl (C=O) groups excluding carboxylic acids is 1. The minimum atomic E-state index is -0.833. The van der Waals surface area contributed by atoms with Crippen molar-refractivity contribution in [2.24, 2.45) is 0 Å². The highest BCUT2D eigenvalue weighted by Gasteiger charge is 2.05. The van der Waals surface area contributed by atoms with Gasteiger partial charge in [0.15, 0.2) is 6.29 Å². The van der Waals surface area contributed by atoms with Crippen LogP contribution in [0, 0.1) is 0 Å². The Morgan fingerprint density at radius 1 is 1.19 bits per heavy atom. The van der Waals surface area contributed by atoms with Gasteiger partial charge in [-0.05, 0) is 24.6 Å². The van der Waals surface area contributed by atoms with Gasteiger partial charge in [0.25, 0.3) is 5.97 Å². The number of carboxylic acids is 1. The van der Waals surface area contributed by atoms with E-state index < -0.39 is 12.1 Å². The van der Waals surface area contributed by atoms with Gasteiger partial charge in [0.05, 0.1) is 6.10 Å². The molecule has 2 aromatic carbocycles. The molecule has 4 N–H and O–H groups in total. The number of nitrogens with one attached hydrogen (secondary N) is 1. The third-order valence-corrected chi connectivity index (χ3v) is 2.99. The average Bonchev–Trinajstić information content (AvgIpc) is 2.66. The van der Waals surface area contributed by atoms with E-state index in [1.807, 2.05) is 30.3 Å². The Labute approximate surface area is 159 Å². The topological polar surface area (TPSA) is 116 Å². The summed E-state index contributed by atoms with van der Waals surface area (Å²) in [6.07, 6.45) is 0.295. The van der Waals surface area contributed by atoms with Gasteiger partial charge < -0.3 is 25.4 Å². The Morgan fingerprint density at radius 3 is 2.30 bits per heavy atom. The van der Waals surface area contributed by atoms with Gasteiger partial charge in [0, 0.05) is 37.9 Å². The number of hydrogen-bond acceptors (Lipinski definition) is 6. The fourth-order valence-corrected chi connectivity index (χ4v) is 1.88. The Kier molecular flexibility index (Phi) is 12.8. The number of hydrogen-bond donors (Lipinski definition) is 4. The SMILES string of the molecule is CC(=O)O.CC(O)CNc1cc(OCc2ccccc2)ccc1C=O.CO. The highest BCUT2D eigenvalue weighted by molar-refractivity contribution is 5.84. The lowest BCUT2D eigenvalue weighted by molar-refractivity contribution is -0.134. The number of carboxylic acid groups (broad SMARTS) is 1. The summed E-state index contributed by atoms with van der Waals surface area (Å²) in [6.45, 7) is 3.61. The minimum Gasteiger partial charge on any atom is -0.489 e. The highest BCUT2D eigenvalue weighted by atomic mass is 16.5. The Hall–Kier alpha value is -2.90. The number of benzene rings is 2. The molecule has 2 rings (SSSR count). The predicted octanol–water partition coefficient (Wildman–Crippen LogP) is 2.57. The first kappa shape index (κ1) is 24.1. The smallest absolute Gasteiger partial charge is 0.300 e. The number of rotatable bonds is 7. The van der Waals surface area contributed by atoms with E-state index in [2.05, 4.69) is 5.32 Å². The quantitative estimate of drug-likeness (QED) is 0.548. The van der Waals surface area contributed by atoms with Crippen LogP contribution in [0.1, 0.15) is 29.8 Å². The second kappa shape index (κ2) is 14.3. The summed E-state index contributed by atoms with van der Waals surface area (Å²) in [5, 5.41) is 26.8. The molecular formula is C20H27NO6. The molecule has 0 radical (unpaired) electrons. The summed E-state index contributed by atoms with van der Waals surface area (Å²) in [7, 11) is 1.00. The molecule has 7 nitrogen and oxygen atoms in total. The largest absolute Gasteiger partial charge is 0.489 e. The highest BCUT2D eigenvalue weighted by Crippen LogP contribution is 2.22.